The number of hydrogen-bond acceptors (Lipinski definition) is 6. The van der Waals surface area contributed by atoms with E-state index in [1.54, 1.807) is 18.9 Å². The van der Waals surface area contributed by atoms with Crippen LogP contribution in [-0.2, 0) is 16.4 Å². The Morgan fingerprint density at radius 3 is 2.75 bits per heavy atom. The second kappa shape index (κ2) is 7.44. The van der Waals surface area contributed by atoms with E-state index in [0.717, 1.165) is 16.6 Å². The molecule has 0 spiro atoms. The fraction of sp³-hybridized carbons (Fsp3) is 0.381. The van der Waals surface area contributed by atoms with E-state index in [-0.39, 0.29) is 22.8 Å². The zero-order valence-corrected chi connectivity index (χ0v) is 17.9. The number of aryl methyl sites for hydroxylation is 2. The van der Waals surface area contributed by atoms with Crippen LogP contribution in [0, 0.1) is 13.8 Å². The third-order valence-corrected chi connectivity index (χ3v) is 8.48. The van der Waals surface area contributed by atoms with Crippen molar-refractivity contribution in [2.45, 2.75) is 31.7 Å². The van der Waals surface area contributed by atoms with Crippen LogP contribution in [-0.4, -0.2) is 43.5 Å². The number of anilines is 1. The van der Waals surface area contributed by atoms with Gasteiger partial charge in [-0.15, -0.1) is 0 Å². The molecule has 2 aromatic rings. The molecule has 0 bridgehead atoms. The lowest BCUT2D eigenvalue weighted by atomic mass is 10.1. The summed E-state index contributed by atoms with van der Waals surface area (Å²) in [7, 11) is -1.31. The Morgan fingerprint density at radius 1 is 1.18 bits per heavy atom. The van der Waals surface area contributed by atoms with E-state index in [0.29, 0.717) is 6.54 Å². The maximum absolute atomic E-state index is 11.9. The van der Waals surface area contributed by atoms with Gasteiger partial charge in [0.25, 0.3) is 0 Å². The first-order valence-electron chi connectivity index (χ1n) is 9.27. The number of benzene rings is 2. The number of methoxy groups -OCH3 is 1. The highest BCUT2D eigenvalue weighted by Gasteiger charge is 2.44. The third kappa shape index (κ3) is 3.91. The number of amidine groups is 1. The van der Waals surface area contributed by atoms with Gasteiger partial charge in [-0.1, -0.05) is 41.6 Å². The summed E-state index contributed by atoms with van der Waals surface area (Å²) in [6, 6.07) is 14.2. The van der Waals surface area contributed by atoms with Crippen molar-refractivity contribution in [3.8, 4) is 5.75 Å². The number of hydrogen-bond donors (Lipinski definition) is 0. The van der Waals surface area contributed by atoms with Crippen molar-refractivity contribution in [3.05, 3.63) is 59.2 Å². The monoisotopic (exact) mass is 416 g/mol. The molecule has 1 saturated heterocycles. The first-order chi connectivity index (χ1) is 13.3. The van der Waals surface area contributed by atoms with Gasteiger partial charge in [0.05, 0.1) is 31.2 Å². The summed E-state index contributed by atoms with van der Waals surface area (Å²) in [5, 5.41) is 0.908. The lowest BCUT2D eigenvalue weighted by Gasteiger charge is -2.26. The van der Waals surface area contributed by atoms with E-state index in [4.69, 9.17) is 9.73 Å². The molecular formula is C21H24N2O3S2. The first kappa shape index (κ1) is 19.3. The zero-order valence-electron chi connectivity index (χ0n) is 16.3. The van der Waals surface area contributed by atoms with E-state index >= 15 is 0 Å². The molecular weight excluding hydrogens is 392 g/mol. The van der Waals surface area contributed by atoms with Gasteiger partial charge in [0.2, 0.25) is 0 Å². The Labute approximate surface area is 170 Å². The van der Waals surface area contributed by atoms with Crippen molar-refractivity contribution in [1.82, 2.24) is 0 Å². The van der Waals surface area contributed by atoms with Gasteiger partial charge >= 0.3 is 0 Å². The second-order valence-corrected chi connectivity index (χ2v) is 10.8. The van der Waals surface area contributed by atoms with Crippen LogP contribution in [0.15, 0.2) is 47.5 Å². The molecule has 0 N–H and O–H groups in total. The van der Waals surface area contributed by atoms with E-state index in [2.05, 4.69) is 36.9 Å². The molecule has 2 aromatic carbocycles. The normalized spacial score (nSPS) is 22.6. The molecule has 28 heavy (non-hydrogen) atoms. The third-order valence-electron chi connectivity index (χ3n) is 5.23. The van der Waals surface area contributed by atoms with Gasteiger partial charge in [-0.25, -0.2) is 8.42 Å². The zero-order chi connectivity index (χ0) is 19.9. The molecule has 0 aliphatic carbocycles. The Hall–Kier alpha value is -1.99. The molecule has 4 rings (SSSR count). The van der Waals surface area contributed by atoms with Gasteiger partial charge in [-0.05, 0) is 37.1 Å². The minimum atomic E-state index is -2.97. The molecule has 148 valence electrons. The van der Waals surface area contributed by atoms with Crippen LogP contribution in [0.2, 0.25) is 0 Å². The minimum Gasteiger partial charge on any atom is -0.497 e. The summed E-state index contributed by atoms with van der Waals surface area (Å²) in [5.74, 6) is 1.16. The molecule has 2 heterocycles. The molecule has 5 nitrogen and oxygen atoms in total. The van der Waals surface area contributed by atoms with Crippen LogP contribution in [0.4, 0.5) is 5.69 Å². The van der Waals surface area contributed by atoms with Crippen molar-refractivity contribution in [1.29, 1.82) is 0 Å². The topological polar surface area (TPSA) is 59.0 Å². The highest BCUT2D eigenvalue weighted by Crippen LogP contribution is 2.38. The molecule has 2 atom stereocenters. The number of aliphatic imine (C=N–C) groups is 1. The Kier molecular flexibility index (Phi) is 5.14. The highest BCUT2D eigenvalue weighted by molar-refractivity contribution is 8.15. The Balaban J connectivity index is 1.71. The predicted octanol–water partition coefficient (Wildman–Crippen LogP) is 3.59. The number of fused-ring (bicyclic) bond motifs is 1. The van der Waals surface area contributed by atoms with E-state index in [9.17, 15) is 8.42 Å². The van der Waals surface area contributed by atoms with Crippen LogP contribution in [0.3, 0.4) is 0 Å². The highest BCUT2D eigenvalue weighted by atomic mass is 32.2. The average molecular weight is 417 g/mol. The molecule has 1 fully saturated rings. The summed E-state index contributed by atoms with van der Waals surface area (Å²) in [6.45, 7) is 4.89. The average Bonchev–Trinajstić information content (AvgIpc) is 3.15. The van der Waals surface area contributed by atoms with E-state index in [1.165, 1.54) is 16.7 Å². The number of sulfone groups is 1. The van der Waals surface area contributed by atoms with Gasteiger partial charge < -0.3 is 9.64 Å². The fourth-order valence-electron chi connectivity index (χ4n) is 3.66. The van der Waals surface area contributed by atoms with Gasteiger partial charge in [0, 0.05) is 17.0 Å². The van der Waals surface area contributed by atoms with E-state index in [1.807, 2.05) is 24.3 Å². The van der Waals surface area contributed by atoms with Crippen LogP contribution in [0.1, 0.15) is 16.7 Å². The largest absolute Gasteiger partial charge is 0.497 e. The predicted molar refractivity (Wildman–Crippen MR) is 116 cm³/mol. The summed E-state index contributed by atoms with van der Waals surface area (Å²) in [6.07, 6.45) is 0. The maximum atomic E-state index is 11.9. The fourth-order valence-corrected chi connectivity index (χ4v) is 7.44. The molecule has 2 aliphatic rings. The molecule has 0 amide bonds. The standard InChI is InChI=1S/C21H24N2O3S2/c1-14-7-8-15(2)16(9-14)11-23(17-5-4-6-18(10-17)26-3)21-22-19-12-28(24,25)13-20(19)27-21/h4-10,19-20H,11-13H2,1-3H3/t19-,20+/m1/s1. The van der Waals surface area contributed by atoms with Crippen molar-refractivity contribution >= 4 is 32.5 Å². The summed E-state index contributed by atoms with van der Waals surface area (Å²) >= 11 is 1.59. The van der Waals surface area contributed by atoms with Crippen molar-refractivity contribution in [3.63, 3.8) is 0 Å². The quantitative estimate of drug-likeness (QED) is 0.762. The van der Waals surface area contributed by atoms with Crippen molar-refractivity contribution in [2.75, 3.05) is 23.5 Å². The molecule has 0 saturated carbocycles. The molecule has 7 heteroatoms. The van der Waals surface area contributed by atoms with Gasteiger partial charge in [-0.3, -0.25) is 4.99 Å². The smallest absolute Gasteiger partial charge is 0.164 e. The first-order valence-corrected chi connectivity index (χ1v) is 12.0. The van der Waals surface area contributed by atoms with Crippen LogP contribution in [0.25, 0.3) is 0 Å². The van der Waals surface area contributed by atoms with Crippen LogP contribution < -0.4 is 9.64 Å². The summed E-state index contributed by atoms with van der Waals surface area (Å²) < 4.78 is 29.3. The minimum absolute atomic E-state index is 0.0201. The summed E-state index contributed by atoms with van der Waals surface area (Å²) in [5.41, 5.74) is 4.67. The SMILES string of the molecule is COc1cccc(N(Cc2cc(C)ccc2C)C2=N[C@@H]3CS(=O)(=O)C[C@@H]3S2)c1. The molecule has 0 unspecified atom stereocenters. The van der Waals surface area contributed by atoms with Crippen molar-refractivity contribution in [2.24, 2.45) is 4.99 Å². The van der Waals surface area contributed by atoms with Crippen molar-refractivity contribution < 1.29 is 13.2 Å². The number of thioether (sulfide) groups is 1. The van der Waals surface area contributed by atoms with Crippen LogP contribution in [0.5, 0.6) is 5.75 Å². The van der Waals surface area contributed by atoms with Crippen LogP contribution >= 0.6 is 11.8 Å². The van der Waals surface area contributed by atoms with E-state index < -0.39 is 9.84 Å². The lowest BCUT2D eigenvalue weighted by Crippen LogP contribution is -2.28. The lowest BCUT2D eigenvalue weighted by molar-refractivity contribution is 0.415. The number of nitrogens with zero attached hydrogens (tertiary/aromatic N) is 2. The maximum Gasteiger partial charge on any atom is 0.164 e. The van der Waals surface area contributed by atoms with Gasteiger partial charge in [-0.2, -0.15) is 0 Å². The number of ether oxygens (including phenoxy) is 1. The number of rotatable bonds is 4. The second-order valence-electron chi connectivity index (χ2n) is 7.43. The van der Waals surface area contributed by atoms with Gasteiger partial charge in [0.1, 0.15) is 5.75 Å². The molecule has 0 radical (unpaired) electrons. The van der Waals surface area contributed by atoms with Gasteiger partial charge in [0.15, 0.2) is 15.0 Å². The Morgan fingerprint density at radius 2 is 2.00 bits per heavy atom. The molecule has 0 aromatic heterocycles. The summed E-state index contributed by atoms with van der Waals surface area (Å²) in [4.78, 5) is 6.99. The Bertz CT molecular complexity index is 1030. The molecule has 2 aliphatic heterocycles.